The molecule has 0 saturated carbocycles. The molecule has 0 spiro atoms. The molecule has 18 heavy (non-hydrogen) atoms. The number of hydrogen-bond acceptors (Lipinski definition) is 2. The Morgan fingerprint density at radius 3 is 2.33 bits per heavy atom. The second-order valence-electron chi connectivity index (χ2n) is 3.82. The largest absolute Gasteiger partial charge is 0.397 e. The third-order valence-electron chi connectivity index (χ3n) is 2.18. The Morgan fingerprint density at radius 2 is 1.83 bits per heavy atom. The van der Waals surface area contributed by atoms with Gasteiger partial charge in [-0.25, -0.2) is 0 Å². The molecule has 3 nitrogen and oxygen atoms in total. The molecule has 0 bridgehead atoms. The number of anilines is 1. The van der Waals surface area contributed by atoms with Crippen molar-refractivity contribution in [3.05, 3.63) is 29.8 Å². The number of hydrogen-bond donors (Lipinski definition) is 2. The van der Waals surface area contributed by atoms with Crippen LogP contribution in [-0.2, 0) is 11.3 Å². The van der Waals surface area contributed by atoms with Crippen molar-refractivity contribution in [1.82, 2.24) is 5.32 Å². The van der Waals surface area contributed by atoms with E-state index in [0.29, 0.717) is 12.2 Å². The van der Waals surface area contributed by atoms with Gasteiger partial charge in [0.05, 0.1) is 0 Å². The molecule has 0 fully saturated rings. The maximum absolute atomic E-state index is 11.9. The Hall–Kier alpha value is -1.56. The van der Waals surface area contributed by atoms with E-state index in [4.69, 9.17) is 0 Å². The molecule has 0 radical (unpaired) electrons. The fourth-order valence-corrected chi connectivity index (χ4v) is 1.36. The third kappa shape index (κ3) is 5.67. The Bertz CT molecular complexity index is 387. The molecular weight excluding hydrogens is 245 g/mol. The van der Waals surface area contributed by atoms with Gasteiger partial charge >= 0.3 is 6.18 Å². The van der Waals surface area contributed by atoms with Crippen molar-refractivity contribution < 1.29 is 18.0 Å². The lowest BCUT2D eigenvalue weighted by atomic mass is 10.2. The first-order valence-electron chi connectivity index (χ1n) is 5.57. The van der Waals surface area contributed by atoms with Gasteiger partial charge in [-0.3, -0.25) is 4.79 Å². The number of carbonyl (C=O) groups is 1. The van der Waals surface area contributed by atoms with E-state index >= 15 is 0 Å². The SMILES string of the molecule is CCNCc1ccc(NC(=O)CC(F)(F)F)cc1. The van der Waals surface area contributed by atoms with Crippen molar-refractivity contribution in [3.8, 4) is 0 Å². The number of benzene rings is 1. The summed E-state index contributed by atoms with van der Waals surface area (Å²) in [6.07, 6.45) is -5.94. The normalized spacial score (nSPS) is 11.3. The van der Waals surface area contributed by atoms with E-state index in [-0.39, 0.29) is 0 Å². The van der Waals surface area contributed by atoms with Crippen LogP contribution in [0.4, 0.5) is 18.9 Å². The maximum Gasteiger partial charge on any atom is 0.397 e. The first-order chi connectivity index (χ1) is 8.40. The summed E-state index contributed by atoms with van der Waals surface area (Å²) in [5, 5.41) is 5.32. The van der Waals surface area contributed by atoms with E-state index in [1.165, 1.54) is 0 Å². The third-order valence-corrected chi connectivity index (χ3v) is 2.18. The van der Waals surface area contributed by atoms with Crippen LogP contribution in [0.1, 0.15) is 18.9 Å². The number of alkyl halides is 3. The van der Waals surface area contributed by atoms with E-state index in [0.717, 1.165) is 12.1 Å². The van der Waals surface area contributed by atoms with Crippen LogP contribution in [0.15, 0.2) is 24.3 Å². The molecule has 2 N–H and O–H groups in total. The zero-order chi connectivity index (χ0) is 13.6. The van der Waals surface area contributed by atoms with Crippen LogP contribution in [0.5, 0.6) is 0 Å². The minimum Gasteiger partial charge on any atom is -0.326 e. The predicted octanol–water partition coefficient (Wildman–Crippen LogP) is 2.69. The predicted molar refractivity (Wildman–Crippen MR) is 63.1 cm³/mol. The summed E-state index contributed by atoms with van der Waals surface area (Å²) in [5.74, 6) is -1.05. The highest BCUT2D eigenvalue weighted by Gasteiger charge is 2.31. The van der Waals surface area contributed by atoms with E-state index in [9.17, 15) is 18.0 Å². The molecule has 0 atom stereocenters. The zero-order valence-corrected chi connectivity index (χ0v) is 9.97. The average Bonchev–Trinajstić information content (AvgIpc) is 2.25. The molecule has 0 unspecified atom stereocenters. The molecule has 1 aromatic rings. The summed E-state index contributed by atoms with van der Waals surface area (Å²) in [6, 6.07) is 6.68. The zero-order valence-electron chi connectivity index (χ0n) is 9.97. The summed E-state index contributed by atoms with van der Waals surface area (Å²) >= 11 is 0. The molecule has 6 heteroatoms. The molecule has 1 aromatic carbocycles. The molecule has 100 valence electrons. The summed E-state index contributed by atoms with van der Waals surface area (Å²) in [4.78, 5) is 11.0. The van der Waals surface area contributed by atoms with Crippen molar-refractivity contribution in [2.24, 2.45) is 0 Å². The van der Waals surface area contributed by atoms with E-state index in [2.05, 4.69) is 10.6 Å². The standard InChI is InChI=1S/C12H15F3N2O/c1-2-16-8-9-3-5-10(6-4-9)17-11(18)7-12(13,14)15/h3-6,16H,2,7-8H2,1H3,(H,17,18). The Balaban J connectivity index is 2.50. The fourth-order valence-electron chi connectivity index (χ4n) is 1.36. The van der Waals surface area contributed by atoms with Crippen LogP contribution in [0.25, 0.3) is 0 Å². The highest BCUT2D eigenvalue weighted by atomic mass is 19.4. The number of carbonyl (C=O) groups excluding carboxylic acids is 1. The minimum absolute atomic E-state index is 0.365. The lowest BCUT2D eigenvalue weighted by molar-refractivity contribution is -0.150. The van der Waals surface area contributed by atoms with Crippen molar-refractivity contribution >= 4 is 11.6 Å². The van der Waals surface area contributed by atoms with E-state index in [1.54, 1.807) is 24.3 Å². The highest BCUT2D eigenvalue weighted by Crippen LogP contribution is 2.20. The molecule has 1 rings (SSSR count). The van der Waals surface area contributed by atoms with Gasteiger partial charge in [-0.2, -0.15) is 13.2 Å². The highest BCUT2D eigenvalue weighted by molar-refractivity contribution is 5.91. The van der Waals surface area contributed by atoms with Gasteiger partial charge in [-0.1, -0.05) is 19.1 Å². The fraction of sp³-hybridized carbons (Fsp3) is 0.417. The van der Waals surface area contributed by atoms with Crippen molar-refractivity contribution in [1.29, 1.82) is 0 Å². The monoisotopic (exact) mass is 260 g/mol. The van der Waals surface area contributed by atoms with Gasteiger partial charge in [0, 0.05) is 12.2 Å². The number of amides is 1. The first kappa shape index (κ1) is 14.5. The molecule has 0 heterocycles. The molecule has 0 saturated heterocycles. The molecule has 0 aromatic heterocycles. The van der Waals surface area contributed by atoms with Crippen molar-refractivity contribution in [2.75, 3.05) is 11.9 Å². The Kier molecular flexibility index (Phi) is 5.15. The summed E-state index contributed by atoms with van der Waals surface area (Å²) in [6.45, 7) is 3.50. The minimum atomic E-state index is -4.48. The number of nitrogens with one attached hydrogen (secondary N) is 2. The van der Waals surface area contributed by atoms with Gasteiger partial charge in [0.1, 0.15) is 6.42 Å². The second-order valence-corrected chi connectivity index (χ2v) is 3.82. The van der Waals surface area contributed by atoms with Gasteiger partial charge in [0.2, 0.25) is 5.91 Å². The quantitative estimate of drug-likeness (QED) is 0.854. The summed E-state index contributed by atoms with van der Waals surface area (Å²) < 4.78 is 35.8. The van der Waals surface area contributed by atoms with Gasteiger partial charge in [-0.05, 0) is 24.2 Å². The van der Waals surface area contributed by atoms with Crippen molar-refractivity contribution in [2.45, 2.75) is 26.1 Å². The first-order valence-corrected chi connectivity index (χ1v) is 5.57. The molecule has 1 amide bonds. The van der Waals surface area contributed by atoms with Gasteiger partial charge < -0.3 is 10.6 Å². The molecule has 0 aliphatic rings. The van der Waals surface area contributed by atoms with Crippen LogP contribution in [0.3, 0.4) is 0 Å². The lowest BCUT2D eigenvalue weighted by Gasteiger charge is -2.08. The van der Waals surface area contributed by atoms with E-state index in [1.807, 2.05) is 6.92 Å². The lowest BCUT2D eigenvalue weighted by Crippen LogP contribution is -2.21. The van der Waals surface area contributed by atoms with Crippen LogP contribution in [0, 0.1) is 0 Å². The van der Waals surface area contributed by atoms with Gasteiger partial charge in [0.25, 0.3) is 0 Å². The van der Waals surface area contributed by atoms with E-state index < -0.39 is 18.5 Å². The van der Waals surface area contributed by atoms with Crippen molar-refractivity contribution in [3.63, 3.8) is 0 Å². The molecule has 0 aliphatic carbocycles. The number of rotatable bonds is 5. The van der Waals surface area contributed by atoms with Crippen LogP contribution in [-0.4, -0.2) is 18.6 Å². The number of halogens is 3. The Morgan fingerprint density at radius 1 is 1.22 bits per heavy atom. The summed E-state index contributed by atoms with van der Waals surface area (Å²) in [7, 11) is 0. The van der Waals surface area contributed by atoms with Gasteiger partial charge in [0.15, 0.2) is 0 Å². The smallest absolute Gasteiger partial charge is 0.326 e. The average molecular weight is 260 g/mol. The van der Waals surface area contributed by atoms with Crippen LogP contribution >= 0.6 is 0 Å². The molecular formula is C12H15F3N2O. The summed E-state index contributed by atoms with van der Waals surface area (Å²) in [5.41, 5.74) is 1.37. The second kappa shape index (κ2) is 6.39. The maximum atomic E-state index is 11.9. The topological polar surface area (TPSA) is 41.1 Å². The van der Waals surface area contributed by atoms with Gasteiger partial charge in [-0.15, -0.1) is 0 Å². The molecule has 0 aliphatic heterocycles. The Labute approximate surface area is 103 Å². The van der Waals surface area contributed by atoms with Crippen LogP contribution in [0.2, 0.25) is 0 Å². The van der Waals surface area contributed by atoms with Crippen LogP contribution < -0.4 is 10.6 Å².